The minimum absolute atomic E-state index is 0.0446. The first-order valence-corrected chi connectivity index (χ1v) is 17.6. The number of nitrogens with one attached hydrogen (secondary N) is 2. The number of phenols is 3. The lowest BCUT2D eigenvalue weighted by Gasteiger charge is -2.38. The number of phenolic OH excluding ortho intramolecular Hbond substituents is 3. The summed E-state index contributed by atoms with van der Waals surface area (Å²) in [4.78, 5) is 39.9. The van der Waals surface area contributed by atoms with E-state index >= 15 is 0 Å². The summed E-state index contributed by atoms with van der Waals surface area (Å²) in [6.07, 6.45) is 4.62. The maximum absolute atomic E-state index is 14.2. The fourth-order valence-corrected chi connectivity index (χ4v) is 7.00. The number of rotatable bonds is 4. The van der Waals surface area contributed by atoms with Gasteiger partial charge in [0, 0.05) is 68.2 Å². The Kier molecular flexibility index (Phi) is 12.7. The Labute approximate surface area is 313 Å². The summed E-state index contributed by atoms with van der Waals surface area (Å²) in [5.41, 5.74) is 2.05. The van der Waals surface area contributed by atoms with Gasteiger partial charge in [-0.05, 0) is 19.9 Å². The topological polar surface area (TPSA) is 226 Å². The van der Waals surface area contributed by atoms with Gasteiger partial charge in [0.05, 0.1) is 53.0 Å². The summed E-state index contributed by atoms with van der Waals surface area (Å²) in [5.74, 6) is -8.46. The Morgan fingerprint density at radius 1 is 0.981 bits per heavy atom. The molecule has 294 valence electrons. The Bertz CT molecular complexity index is 1920. The summed E-state index contributed by atoms with van der Waals surface area (Å²) in [5, 5.41) is 63.4. The van der Waals surface area contributed by atoms with Crippen molar-refractivity contribution in [3.63, 3.8) is 0 Å². The van der Waals surface area contributed by atoms with E-state index < -0.39 is 88.8 Å². The number of ketones is 1. The molecule has 5 bridgehead atoms. The van der Waals surface area contributed by atoms with Gasteiger partial charge in [-0.3, -0.25) is 14.4 Å². The van der Waals surface area contributed by atoms with E-state index in [1.807, 2.05) is 0 Å². The molecule has 15 heteroatoms. The zero-order valence-corrected chi connectivity index (χ0v) is 32.1. The predicted octanol–water partition coefficient (Wildman–Crippen LogP) is 4.31. The summed E-state index contributed by atoms with van der Waals surface area (Å²) >= 11 is 0. The fourth-order valence-electron chi connectivity index (χ4n) is 7.00. The number of methoxy groups -OCH3 is 1. The predicted molar refractivity (Wildman–Crippen MR) is 200 cm³/mol. The highest BCUT2D eigenvalue weighted by Gasteiger charge is 2.50. The van der Waals surface area contributed by atoms with Crippen LogP contribution in [0.4, 0.5) is 5.69 Å². The second-order valence-electron chi connectivity index (χ2n) is 14.1. The molecule has 0 spiro atoms. The Balaban J connectivity index is 1.96. The molecular formula is C39H51N3O12. The first-order valence-electron chi connectivity index (χ1n) is 17.6. The second-order valence-corrected chi connectivity index (χ2v) is 14.1. The van der Waals surface area contributed by atoms with Crippen molar-refractivity contribution in [3.05, 3.63) is 52.8 Å². The number of anilines is 1. The lowest BCUT2D eigenvalue weighted by atomic mass is 9.78. The number of carbonyl (C=O) groups excluding carboxylic acids is 3. The number of aromatic hydroxyl groups is 3. The third-order valence-electron chi connectivity index (χ3n) is 10.4. The van der Waals surface area contributed by atoms with E-state index in [0.29, 0.717) is 0 Å². The molecule has 0 radical (unpaired) electrons. The van der Waals surface area contributed by atoms with E-state index in [0.717, 1.165) is 6.21 Å². The largest absolute Gasteiger partial charge is 0.507 e. The number of hydrogen-bond acceptors (Lipinski definition) is 14. The maximum Gasteiger partial charge on any atom is 0.312 e. The van der Waals surface area contributed by atoms with E-state index in [9.17, 15) is 39.9 Å². The quantitative estimate of drug-likeness (QED) is 0.0761. The van der Waals surface area contributed by atoms with Crippen LogP contribution in [0.5, 0.6) is 23.0 Å². The van der Waals surface area contributed by atoms with Crippen LogP contribution in [0, 0.1) is 30.6 Å². The van der Waals surface area contributed by atoms with Crippen molar-refractivity contribution >= 4 is 40.3 Å². The molecule has 0 saturated carbocycles. The first-order chi connectivity index (χ1) is 25.3. The van der Waals surface area contributed by atoms with Crippen LogP contribution in [0.25, 0.3) is 10.8 Å². The molecule has 3 heterocycles. The number of fused-ring (bicyclic) bond motifs is 14. The molecule has 3 aliphatic rings. The van der Waals surface area contributed by atoms with Gasteiger partial charge in [0.1, 0.15) is 23.4 Å². The van der Waals surface area contributed by atoms with Crippen LogP contribution in [0.2, 0.25) is 0 Å². The van der Waals surface area contributed by atoms with Gasteiger partial charge < -0.3 is 55.2 Å². The monoisotopic (exact) mass is 753 g/mol. The van der Waals surface area contributed by atoms with Gasteiger partial charge >= 0.3 is 11.8 Å². The van der Waals surface area contributed by atoms with Crippen molar-refractivity contribution in [1.29, 1.82) is 0 Å². The number of carbonyl (C=O) groups is 3. The molecule has 0 fully saturated rings. The van der Waals surface area contributed by atoms with E-state index in [4.69, 9.17) is 18.9 Å². The van der Waals surface area contributed by atoms with Gasteiger partial charge in [-0.2, -0.15) is 5.10 Å². The second kappa shape index (κ2) is 16.5. The fraction of sp³-hybridized carbons (Fsp3) is 0.487. The van der Waals surface area contributed by atoms with Crippen LogP contribution >= 0.6 is 0 Å². The number of amides is 1. The van der Waals surface area contributed by atoms with Crippen LogP contribution in [0.3, 0.4) is 0 Å². The average Bonchev–Trinajstić information content (AvgIpc) is 3.39. The van der Waals surface area contributed by atoms with Crippen molar-refractivity contribution in [3.8, 4) is 23.0 Å². The SMILES string of the molecule is CN/N=C/c1c2c(O)c3c(O)c(C)c4c(c3c1O)C(=O)C(C)(OC=CC(OC)C(C)C(OC(C)=O)C(C)C(O)C(C)C(O)C(C)C=CC=C(C)C(=O)N2)O4. The third-order valence-corrected chi connectivity index (χ3v) is 10.4. The number of hydrogen-bond donors (Lipinski definition) is 7. The van der Waals surface area contributed by atoms with Gasteiger partial charge in [-0.25, -0.2) is 0 Å². The molecule has 3 aliphatic heterocycles. The smallest absolute Gasteiger partial charge is 0.312 e. The standard InChI is InChI=1S/C39H51N3O12/c1-17-12-11-13-18(2)38(50)42-29-24(16-41-40-9)33(47)26-27(34(29)48)32(46)22(6)36-28(26)37(49)39(8,54-36)52-15-14-25(51-10)19(3)35(53-23(7)43)21(5)31(45)20(4)30(17)44/h11-17,19-21,25,30-31,35,40,44-48H,1-10H3,(H,42,50)/b12-11?,15-14?,18-13?,41-16+. The van der Waals surface area contributed by atoms with Crippen LogP contribution in [-0.2, 0) is 23.8 Å². The van der Waals surface area contributed by atoms with E-state index in [-0.39, 0.29) is 44.5 Å². The van der Waals surface area contributed by atoms with Gasteiger partial charge in [0.15, 0.2) is 5.75 Å². The molecule has 54 heavy (non-hydrogen) atoms. The summed E-state index contributed by atoms with van der Waals surface area (Å²) < 4.78 is 23.4. The van der Waals surface area contributed by atoms with Crippen molar-refractivity contribution in [2.75, 3.05) is 19.5 Å². The number of aliphatic hydroxyl groups excluding tert-OH is 2. The molecule has 9 unspecified atom stereocenters. The molecule has 9 atom stereocenters. The number of aliphatic hydroxyl groups is 2. The molecule has 2 aromatic carbocycles. The van der Waals surface area contributed by atoms with Crippen LogP contribution < -0.4 is 15.5 Å². The number of benzene rings is 2. The first kappa shape index (κ1) is 41.6. The van der Waals surface area contributed by atoms with Gasteiger partial charge in [-0.1, -0.05) is 45.9 Å². The summed E-state index contributed by atoms with van der Waals surface area (Å²) in [6.45, 7) is 12.4. The average molecular weight is 754 g/mol. The summed E-state index contributed by atoms with van der Waals surface area (Å²) in [7, 11) is 2.91. The highest BCUT2D eigenvalue weighted by Crippen LogP contribution is 2.55. The van der Waals surface area contributed by atoms with Gasteiger partial charge in [-0.15, -0.1) is 0 Å². The molecular weight excluding hydrogens is 702 g/mol. The van der Waals surface area contributed by atoms with E-state index in [1.165, 1.54) is 60.3 Å². The highest BCUT2D eigenvalue weighted by molar-refractivity contribution is 6.23. The normalized spacial score (nSPS) is 29.6. The van der Waals surface area contributed by atoms with Gasteiger partial charge in [0.2, 0.25) is 0 Å². The number of esters is 1. The van der Waals surface area contributed by atoms with Crippen molar-refractivity contribution in [2.24, 2.45) is 28.8 Å². The number of hydrazone groups is 1. The lowest BCUT2D eigenvalue weighted by molar-refractivity contribution is -0.160. The maximum atomic E-state index is 14.2. The van der Waals surface area contributed by atoms with Gasteiger partial charge in [0.25, 0.3) is 11.7 Å². The number of nitrogens with zero attached hydrogens (tertiary/aromatic N) is 1. The van der Waals surface area contributed by atoms with E-state index in [2.05, 4.69) is 15.8 Å². The Hall–Kier alpha value is -5.12. The van der Waals surface area contributed by atoms with E-state index in [1.54, 1.807) is 39.8 Å². The zero-order chi connectivity index (χ0) is 40.4. The minimum atomic E-state index is -2.04. The minimum Gasteiger partial charge on any atom is -0.507 e. The number of Topliss-reactive ketones (excluding diaryl/α,β-unsaturated/α-hetero) is 1. The highest BCUT2D eigenvalue weighted by atomic mass is 16.7. The summed E-state index contributed by atoms with van der Waals surface area (Å²) in [6, 6.07) is 0. The number of allylic oxidation sites excluding steroid dienone is 2. The Morgan fingerprint density at radius 3 is 2.26 bits per heavy atom. The molecule has 5 rings (SSSR count). The van der Waals surface area contributed by atoms with Crippen molar-refractivity contribution < 1.29 is 58.9 Å². The molecule has 7 N–H and O–H groups in total. The molecule has 0 aliphatic carbocycles. The molecule has 0 aromatic heterocycles. The molecule has 15 nitrogen and oxygen atoms in total. The van der Waals surface area contributed by atoms with Crippen molar-refractivity contribution in [2.45, 2.75) is 85.6 Å². The third kappa shape index (κ3) is 7.74. The number of ether oxygens (including phenoxy) is 4. The zero-order valence-electron chi connectivity index (χ0n) is 32.1. The van der Waals surface area contributed by atoms with Crippen LogP contribution in [-0.4, -0.2) is 93.8 Å². The Morgan fingerprint density at radius 2 is 1.65 bits per heavy atom. The molecule has 0 saturated heterocycles. The molecule has 2 aromatic rings. The van der Waals surface area contributed by atoms with Crippen LogP contribution in [0.15, 0.2) is 41.2 Å². The van der Waals surface area contributed by atoms with Crippen molar-refractivity contribution in [1.82, 2.24) is 5.43 Å². The lowest BCUT2D eigenvalue weighted by Crippen LogP contribution is -2.46. The molecule has 1 amide bonds. The van der Waals surface area contributed by atoms with Crippen LogP contribution in [0.1, 0.15) is 70.0 Å².